The largest absolute Gasteiger partial charge is 0.378 e. The predicted octanol–water partition coefficient (Wildman–Crippen LogP) is 1.12. The molecule has 0 spiro atoms. The van der Waals surface area contributed by atoms with E-state index in [1.165, 1.54) is 18.5 Å². The molecule has 0 aliphatic carbocycles. The Morgan fingerprint density at radius 2 is 1.88 bits per heavy atom. The second kappa shape index (κ2) is 8.24. The molecule has 0 bridgehead atoms. The number of benzene rings is 1. The first kappa shape index (κ1) is 18.3. The van der Waals surface area contributed by atoms with Crippen LogP contribution in [0.4, 0.5) is 11.6 Å². The lowest BCUT2D eigenvalue weighted by Crippen LogP contribution is -2.36. The monoisotopic (exact) mass is 376 g/mol. The molecule has 1 aromatic heterocycles. The number of nitrogens with one attached hydrogen (secondary N) is 1. The highest BCUT2D eigenvalue weighted by Gasteiger charge is 2.17. The average molecular weight is 376 g/mol. The van der Waals surface area contributed by atoms with Crippen LogP contribution in [-0.2, 0) is 19.4 Å². The summed E-state index contributed by atoms with van der Waals surface area (Å²) in [6, 6.07) is 9.77. The normalized spacial score (nSPS) is 14.8. The minimum Gasteiger partial charge on any atom is -0.378 e. The molecule has 0 atom stereocenters. The van der Waals surface area contributed by atoms with Gasteiger partial charge in [0.2, 0.25) is 5.91 Å². The fourth-order valence-corrected chi connectivity index (χ4v) is 3.82. The second-order valence-corrected chi connectivity index (χ2v) is 7.90. The molecule has 0 radical (unpaired) electrons. The summed E-state index contributed by atoms with van der Waals surface area (Å²) in [5.74, 6) is 0.389. The predicted molar refractivity (Wildman–Crippen MR) is 96.8 cm³/mol. The number of aromatic nitrogens is 2. The highest BCUT2D eigenvalue weighted by atomic mass is 32.2. The molecule has 2 aromatic rings. The summed E-state index contributed by atoms with van der Waals surface area (Å²) in [5.41, 5.74) is 0. The molecule has 1 saturated heterocycles. The molecule has 9 heteroatoms. The highest BCUT2D eigenvalue weighted by molar-refractivity contribution is 7.91. The summed E-state index contributed by atoms with van der Waals surface area (Å²) in [4.78, 5) is 22.6. The van der Waals surface area contributed by atoms with Crippen molar-refractivity contribution in [1.29, 1.82) is 0 Å². The molecule has 8 nitrogen and oxygen atoms in total. The third-order valence-electron chi connectivity index (χ3n) is 3.96. The van der Waals surface area contributed by atoms with Crippen LogP contribution in [0.2, 0.25) is 0 Å². The van der Waals surface area contributed by atoms with Gasteiger partial charge >= 0.3 is 0 Å². The van der Waals surface area contributed by atoms with Gasteiger partial charge in [0.05, 0.1) is 23.9 Å². The van der Waals surface area contributed by atoms with Crippen molar-refractivity contribution in [2.75, 3.05) is 42.3 Å². The maximum absolute atomic E-state index is 12.2. The van der Waals surface area contributed by atoms with Crippen LogP contribution in [0.15, 0.2) is 47.6 Å². The van der Waals surface area contributed by atoms with Crippen molar-refractivity contribution in [3.63, 3.8) is 0 Å². The summed E-state index contributed by atoms with van der Waals surface area (Å²) in [7, 11) is -3.49. The summed E-state index contributed by atoms with van der Waals surface area (Å²) >= 11 is 0. The number of nitrogens with zero attached hydrogens (tertiary/aromatic N) is 3. The van der Waals surface area contributed by atoms with Crippen molar-refractivity contribution in [3.8, 4) is 0 Å². The lowest BCUT2D eigenvalue weighted by Gasteiger charge is -2.27. The molecule has 26 heavy (non-hydrogen) atoms. The van der Waals surface area contributed by atoms with E-state index < -0.39 is 15.7 Å². The molecule has 1 aromatic carbocycles. The van der Waals surface area contributed by atoms with E-state index in [0.717, 1.165) is 13.1 Å². The van der Waals surface area contributed by atoms with Crippen molar-refractivity contribution >= 4 is 27.4 Å². The number of carbonyl (C=O) groups excluding carboxylic acids is 1. The number of hydrogen-bond acceptors (Lipinski definition) is 7. The van der Waals surface area contributed by atoms with Crippen molar-refractivity contribution < 1.29 is 17.9 Å². The lowest BCUT2D eigenvalue weighted by atomic mass is 10.4. The number of rotatable bonds is 6. The highest BCUT2D eigenvalue weighted by Crippen LogP contribution is 2.16. The van der Waals surface area contributed by atoms with Gasteiger partial charge in [-0.1, -0.05) is 18.2 Å². The van der Waals surface area contributed by atoms with E-state index in [1.807, 2.05) is 4.90 Å². The third kappa shape index (κ3) is 4.77. The Kier molecular flexibility index (Phi) is 5.79. The lowest BCUT2D eigenvalue weighted by molar-refractivity contribution is -0.115. The van der Waals surface area contributed by atoms with E-state index in [2.05, 4.69) is 15.3 Å². The number of ether oxygens (including phenoxy) is 1. The molecule has 2 heterocycles. The summed E-state index contributed by atoms with van der Waals surface area (Å²) < 4.78 is 29.8. The van der Waals surface area contributed by atoms with Crippen LogP contribution in [0.5, 0.6) is 0 Å². The standard InChI is InChI=1S/C17H20N4O4S/c22-17(6-11-26(23,24)14-4-2-1-3-5-14)20-15-12-16(19-13-18-15)21-7-9-25-10-8-21/h1-5,12-13H,6-11H2,(H,18,19,20,22). The molecule has 1 aliphatic rings. The fraction of sp³-hybridized carbons (Fsp3) is 0.353. The van der Waals surface area contributed by atoms with Crippen LogP contribution in [0.3, 0.4) is 0 Å². The van der Waals surface area contributed by atoms with Crippen molar-refractivity contribution in [2.45, 2.75) is 11.3 Å². The molecule has 1 N–H and O–H groups in total. The van der Waals surface area contributed by atoms with E-state index in [4.69, 9.17) is 4.74 Å². The SMILES string of the molecule is O=C(CCS(=O)(=O)c1ccccc1)Nc1cc(N2CCOCC2)ncn1. The molecule has 0 unspecified atom stereocenters. The molecule has 1 fully saturated rings. The summed E-state index contributed by atoms with van der Waals surface area (Å²) in [6.07, 6.45) is 1.23. The number of anilines is 2. The van der Waals surface area contributed by atoms with Gasteiger partial charge in [-0.15, -0.1) is 0 Å². The Bertz CT molecular complexity index is 852. The number of morpholine rings is 1. The van der Waals surface area contributed by atoms with Gasteiger partial charge in [0, 0.05) is 25.6 Å². The summed E-state index contributed by atoms with van der Waals surface area (Å²) in [5, 5.41) is 2.63. The second-order valence-electron chi connectivity index (χ2n) is 5.79. The van der Waals surface area contributed by atoms with Crippen molar-refractivity contribution in [3.05, 3.63) is 42.7 Å². The minimum atomic E-state index is -3.49. The van der Waals surface area contributed by atoms with Crippen LogP contribution in [0, 0.1) is 0 Å². The molecule has 138 valence electrons. The number of hydrogen-bond donors (Lipinski definition) is 1. The zero-order valence-electron chi connectivity index (χ0n) is 14.2. The average Bonchev–Trinajstić information content (AvgIpc) is 2.68. The van der Waals surface area contributed by atoms with Gasteiger partial charge in [-0.3, -0.25) is 4.79 Å². The Hall–Kier alpha value is -2.52. The molecular formula is C17H20N4O4S. The van der Waals surface area contributed by atoms with Crippen LogP contribution in [-0.4, -0.2) is 56.3 Å². The smallest absolute Gasteiger partial charge is 0.226 e. The van der Waals surface area contributed by atoms with Gasteiger partial charge < -0.3 is 15.0 Å². The van der Waals surface area contributed by atoms with Gasteiger partial charge in [-0.25, -0.2) is 18.4 Å². The van der Waals surface area contributed by atoms with Crippen LogP contribution in [0.1, 0.15) is 6.42 Å². The van der Waals surface area contributed by atoms with Crippen LogP contribution in [0.25, 0.3) is 0 Å². The molecule has 1 amide bonds. The van der Waals surface area contributed by atoms with Gasteiger partial charge in [0.15, 0.2) is 9.84 Å². The topological polar surface area (TPSA) is 101 Å². The first-order valence-corrected chi connectivity index (χ1v) is 9.92. The third-order valence-corrected chi connectivity index (χ3v) is 5.69. The zero-order chi connectivity index (χ0) is 18.4. The van der Waals surface area contributed by atoms with Gasteiger partial charge in [-0.05, 0) is 12.1 Å². The van der Waals surface area contributed by atoms with E-state index in [9.17, 15) is 13.2 Å². The minimum absolute atomic E-state index is 0.145. The van der Waals surface area contributed by atoms with Crippen molar-refractivity contribution in [2.24, 2.45) is 0 Å². The Balaban J connectivity index is 1.58. The van der Waals surface area contributed by atoms with Gasteiger partial charge in [0.25, 0.3) is 0 Å². The van der Waals surface area contributed by atoms with Crippen LogP contribution >= 0.6 is 0 Å². The van der Waals surface area contributed by atoms with E-state index >= 15 is 0 Å². The molecule has 1 aliphatic heterocycles. The number of sulfone groups is 1. The van der Waals surface area contributed by atoms with Gasteiger partial charge in [-0.2, -0.15) is 0 Å². The summed E-state index contributed by atoms with van der Waals surface area (Å²) in [6.45, 7) is 2.70. The quantitative estimate of drug-likeness (QED) is 0.806. The number of carbonyl (C=O) groups is 1. The van der Waals surface area contributed by atoms with Gasteiger partial charge in [0.1, 0.15) is 18.0 Å². The van der Waals surface area contributed by atoms with Crippen molar-refractivity contribution in [1.82, 2.24) is 9.97 Å². The van der Waals surface area contributed by atoms with E-state index in [0.29, 0.717) is 24.8 Å². The zero-order valence-corrected chi connectivity index (χ0v) is 15.0. The maximum Gasteiger partial charge on any atom is 0.226 e. The van der Waals surface area contributed by atoms with Crippen LogP contribution < -0.4 is 10.2 Å². The van der Waals surface area contributed by atoms with E-state index in [-0.39, 0.29) is 17.1 Å². The number of amides is 1. The Morgan fingerprint density at radius 1 is 1.15 bits per heavy atom. The molecular weight excluding hydrogens is 356 g/mol. The fourth-order valence-electron chi connectivity index (χ4n) is 2.56. The van der Waals surface area contributed by atoms with E-state index in [1.54, 1.807) is 24.3 Å². The first-order valence-electron chi connectivity index (χ1n) is 8.27. The maximum atomic E-state index is 12.2. The molecule has 0 saturated carbocycles. The molecule has 3 rings (SSSR count). The Labute approximate surface area is 152 Å². The Morgan fingerprint density at radius 3 is 2.62 bits per heavy atom. The first-order chi connectivity index (χ1) is 12.5.